The van der Waals surface area contributed by atoms with Gasteiger partial charge in [-0.15, -0.1) is 11.6 Å². The Morgan fingerprint density at radius 2 is 1.74 bits per heavy atom. The Bertz CT molecular complexity index is 559. The summed E-state index contributed by atoms with van der Waals surface area (Å²) in [7, 11) is 0. The van der Waals surface area contributed by atoms with Crippen LogP contribution >= 0.6 is 11.6 Å². The van der Waals surface area contributed by atoms with E-state index in [1.165, 1.54) is 25.7 Å². The normalized spacial score (nSPS) is 27.0. The number of hydrogen-bond acceptors (Lipinski definition) is 5. The Labute approximate surface area is 220 Å². The van der Waals surface area contributed by atoms with Crippen molar-refractivity contribution >= 4 is 17.6 Å². The van der Waals surface area contributed by atoms with Crippen LogP contribution in [0.3, 0.4) is 0 Å². The lowest BCUT2D eigenvalue weighted by Gasteiger charge is -2.33. The molecule has 1 saturated carbocycles. The van der Waals surface area contributed by atoms with Gasteiger partial charge in [0.05, 0.1) is 31.3 Å². The van der Waals surface area contributed by atoms with Crippen LogP contribution < -0.4 is 0 Å². The van der Waals surface area contributed by atoms with Crippen molar-refractivity contribution in [2.75, 3.05) is 19.1 Å². The fraction of sp³-hybridized carbons (Fsp3) is 0.966. The summed E-state index contributed by atoms with van der Waals surface area (Å²) in [5.41, 5.74) is 0. The van der Waals surface area contributed by atoms with Crippen LogP contribution in [0.1, 0.15) is 129 Å². The fourth-order valence-corrected chi connectivity index (χ4v) is 6.03. The fourth-order valence-electron chi connectivity index (χ4n) is 5.87. The first-order valence-electron chi connectivity index (χ1n) is 14.8. The SMILES string of the molecule is CCCCCCOC(=O)CCCCCC[C@@H]1[C@@H](CC[C@@H](O)CCCCC)CCC12OCC(CCl)O2. The van der Waals surface area contributed by atoms with Crippen molar-refractivity contribution in [1.82, 2.24) is 0 Å². The number of rotatable bonds is 20. The molecule has 2 fully saturated rings. The first-order valence-corrected chi connectivity index (χ1v) is 15.3. The van der Waals surface area contributed by atoms with Crippen molar-refractivity contribution in [2.45, 2.75) is 147 Å². The molecule has 206 valence electrons. The second-order valence-corrected chi connectivity index (χ2v) is 11.2. The van der Waals surface area contributed by atoms with Gasteiger partial charge in [-0.3, -0.25) is 4.79 Å². The molecule has 1 heterocycles. The van der Waals surface area contributed by atoms with Crippen LogP contribution in [0, 0.1) is 11.8 Å². The number of ether oxygens (including phenoxy) is 3. The Hall–Kier alpha value is -0.360. The predicted molar refractivity (Wildman–Crippen MR) is 143 cm³/mol. The molecule has 2 rings (SSSR count). The highest BCUT2D eigenvalue weighted by molar-refractivity contribution is 6.18. The van der Waals surface area contributed by atoms with E-state index in [-0.39, 0.29) is 18.2 Å². The summed E-state index contributed by atoms with van der Waals surface area (Å²) in [6.07, 6.45) is 18.5. The lowest BCUT2D eigenvalue weighted by molar-refractivity contribution is -0.196. The number of halogens is 1. The van der Waals surface area contributed by atoms with E-state index in [1.54, 1.807) is 0 Å². The molecule has 2 unspecified atom stereocenters. The molecule has 1 saturated heterocycles. The Kier molecular flexibility index (Phi) is 15.9. The van der Waals surface area contributed by atoms with Gasteiger partial charge in [-0.05, 0) is 50.9 Å². The molecule has 5 atom stereocenters. The standard InChI is InChI=1S/C29H53ClO5/c1-3-5-7-13-21-33-28(32)16-12-9-8-11-15-27-24(17-18-25(31)14-10-6-4-2)19-20-29(27)34-23-26(22-30)35-29/h24-27,31H,3-23H2,1-2H3/t24-,25-,26?,27+,29?/m0/s1. The Morgan fingerprint density at radius 3 is 2.49 bits per heavy atom. The average molecular weight is 517 g/mol. The third-order valence-electron chi connectivity index (χ3n) is 7.97. The number of aliphatic hydroxyl groups is 1. The minimum Gasteiger partial charge on any atom is -0.466 e. The summed E-state index contributed by atoms with van der Waals surface area (Å²) >= 11 is 6.08. The minimum absolute atomic E-state index is 0.00876. The van der Waals surface area contributed by atoms with Gasteiger partial charge in [-0.25, -0.2) is 0 Å². The Balaban J connectivity index is 1.70. The molecule has 35 heavy (non-hydrogen) atoms. The third-order valence-corrected chi connectivity index (χ3v) is 8.31. The number of esters is 1. The van der Waals surface area contributed by atoms with Crippen LogP contribution in [0.25, 0.3) is 0 Å². The molecular weight excluding hydrogens is 464 g/mol. The molecular formula is C29H53ClO5. The van der Waals surface area contributed by atoms with E-state index in [4.69, 9.17) is 25.8 Å². The van der Waals surface area contributed by atoms with Crippen LogP contribution in [0.15, 0.2) is 0 Å². The monoisotopic (exact) mass is 516 g/mol. The number of carbonyl (C=O) groups is 1. The topological polar surface area (TPSA) is 65.0 Å². The first-order chi connectivity index (χ1) is 17.0. The quantitative estimate of drug-likeness (QED) is 0.103. The van der Waals surface area contributed by atoms with E-state index in [0.717, 1.165) is 83.5 Å². The van der Waals surface area contributed by atoms with Gasteiger partial charge >= 0.3 is 5.97 Å². The lowest BCUT2D eigenvalue weighted by atomic mass is 9.84. The van der Waals surface area contributed by atoms with Gasteiger partial charge in [0, 0.05) is 18.8 Å². The summed E-state index contributed by atoms with van der Waals surface area (Å²) in [5.74, 6) is 0.857. The molecule has 0 amide bonds. The largest absolute Gasteiger partial charge is 0.466 e. The van der Waals surface area contributed by atoms with Crippen molar-refractivity contribution in [3.05, 3.63) is 0 Å². The molecule has 0 aromatic carbocycles. The van der Waals surface area contributed by atoms with Gasteiger partial charge in [0.15, 0.2) is 5.79 Å². The Morgan fingerprint density at radius 1 is 1.00 bits per heavy atom. The van der Waals surface area contributed by atoms with E-state index in [9.17, 15) is 9.90 Å². The number of alkyl halides is 1. The highest BCUT2D eigenvalue weighted by Gasteiger charge is 2.54. The molecule has 2 aliphatic rings. The molecule has 0 aromatic heterocycles. The smallest absolute Gasteiger partial charge is 0.305 e. The van der Waals surface area contributed by atoms with Crippen LogP contribution in [0.4, 0.5) is 0 Å². The van der Waals surface area contributed by atoms with Crippen molar-refractivity contribution in [3.63, 3.8) is 0 Å². The van der Waals surface area contributed by atoms with E-state index >= 15 is 0 Å². The van der Waals surface area contributed by atoms with Crippen molar-refractivity contribution < 1.29 is 24.1 Å². The second-order valence-electron chi connectivity index (χ2n) is 10.9. The molecule has 1 aliphatic carbocycles. The van der Waals surface area contributed by atoms with Crippen molar-refractivity contribution in [3.8, 4) is 0 Å². The van der Waals surface area contributed by atoms with Crippen LogP contribution in [-0.2, 0) is 19.0 Å². The summed E-state index contributed by atoms with van der Waals surface area (Å²) in [6, 6.07) is 0. The molecule has 0 bridgehead atoms. The van der Waals surface area contributed by atoms with Gasteiger partial charge in [-0.2, -0.15) is 0 Å². The van der Waals surface area contributed by atoms with E-state index < -0.39 is 5.79 Å². The zero-order valence-electron chi connectivity index (χ0n) is 22.6. The maximum Gasteiger partial charge on any atom is 0.305 e. The van der Waals surface area contributed by atoms with E-state index in [0.29, 0.717) is 37.4 Å². The van der Waals surface area contributed by atoms with E-state index in [1.807, 2.05) is 0 Å². The number of carbonyl (C=O) groups excluding carboxylic acids is 1. The molecule has 5 nitrogen and oxygen atoms in total. The molecule has 1 spiro atoms. The second kappa shape index (κ2) is 18.0. The zero-order chi connectivity index (χ0) is 25.4. The third kappa shape index (κ3) is 11.3. The van der Waals surface area contributed by atoms with Crippen LogP contribution in [0.2, 0.25) is 0 Å². The minimum atomic E-state index is -0.473. The maximum atomic E-state index is 11.9. The summed E-state index contributed by atoms with van der Waals surface area (Å²) < 4.78 is 18.0. The van der Waals surface area contributed by atoms with Gasteiger partial charge in [0.2, 0.25) is 0 Å². The molecule has 1 aliphatic heterocycles. The first kappa shape index (κ1) is 30.9. The number of aliphatic hydroxyl groups excluding tert-OH is 1. The average Bonchev–Trinajstić information content (AvgIpc) is 3.43. The number of unbranched alkanes of at least 4 members (excludes halogenated alkanes) is 8. The van der Waals surface area contributed by atoms with Crippen LogP contribution in [0.5, 0.6) is 0 Å². The number of hydrogen-bond donors (Lipinski definition) is 1. The molecule has 0 aromatic rings. The van der Waals surface area contributed by atoms with Crippen molar-refractivity contribution in [2.24, 2.45) is 11.8 Å². The van der Waals surface area contributed by atoms with Gasteiger partial charge in [-0.1, -0.05) is 71.6 Å². The van der Waals surface area contributed by atoms with Crippen LogP contribution in [-0.4, -0.2) is 48.2 Å². The molecule has 0 radical (unpaired) electrons. The summed E-state index contributed by atoms with van der Waals surface area (Å²) in [5, 5.41) is 10.5. The van der Waals surface area contributed by atoms with Gasteiger partial charge in [0.1, 0.15) is 0 Å². The van der Waals surface area contributed by atoms with Gasteiger partial charge in [0.25, 0.3) is 0 Å². The van der Waals surface area contributed by atoms with Crippen molar-refractivity contribution in [1.29, 1.82) is 0 Å². The highest BCUT2D eigenvalue weighted by Crippen LogP contribution is 2.51. The van der Waals surface area contributed by atoms with E-state index in [2.05, 4.69) is 13.8 Å². The molecule has 1 N–H and O–H groups in total. The lowest BCUT2D eigenvalue weighted by Crippen LogP contribution is -2.37. The summed E-state index contributed by atoms with van der Waals surface area (Å²) in [6.45, 7) is 5.54. The zero-order valence-corrected chi connectivity index (χ0v) is 23.4. The predicted octanol–water partition coefficient (Wildman–Crippen LogP) is 7.55. The highest BCUT2D eigenvalue weighted by atomic mass is 35.5. The molecule has 6 heteroatoms. The van der Waals surface area contributed by atoms with Gasteiger partial charge < -0.3 is 19.3 Å². The maximum absolute atomic E-state index is 11.9. The summed E-state index contributed by atoms with van der Waals surface area (Å²) in [4.78, 5) is 11.9.